The van der Waals surface area contributed by atoms with E-state index in [4.69, 9.17) is 16.3 Å². The van der Waals surface area contributed by atoms with E-state index < -0.39 is 28.5 Å². The van der Waals surface area contributed by atoms with E-state index in [1.807, 2.05) is 63.2 Å². The molecule has 1 unspecified atom stereocenters. The van der Waals surface area contributed by atoms with Crippen molar-refractivity contribution in [1.29, 1.82) is 0 Å². The SMILES string of the molecule is COc1cccc(CN(C(=O)CN(c2cc(Cl)ccc2C)S(=O)(=O)c2ccc(C)cc2)C(Cc2ccccc2)C(=O)NCC(C)C)c1. The van der Waals surface area contributed by atoms with Crippen LogP contribution in [0.1, 0.15) is 36.1 Å². The summed E-state index contributed by atoms with van der Waals surface area (Å²) in [6.07, 6.45) is 0.224. The highest BCUT2D eigenvalue weighted by Gasteiger charge is 2.35. The molecule has 0 aromatic heterocycles. The molecule has 4 aromatic carbocycles. The highest BCUT2D eigenvalue weighted by atomic mass is 35.5. The monoisotopic (exact) mass is 675 g/mol. The second kappa shape index (κ2) is 16.0. The number of aryl methyl sites for hydroxylation is 2. The Labute approximate surface area is 283 Å². The molecule has 4 aromatic rings. The molecule has 248 valence electrons. The molecule has 0 aliphatic heterocycles. The second-order valence-electron chi connectivity index (χ2n) is 12.0. The number of carbonyl (C=O) groups excluding carboxylic acids is 2. The summed E-state index contributed by atoms with van der Waals surface area (Å²) in [5.41, 5.74) is 3.37. The van der Waals surface area contributed by atoms with Crippen LogP contribution in [0.3, 0.4) is 0 Å². The van der Waals surface area contributed by atoms with E-state index in [2.05, 4.69) is 5.32 Å². The van der Waals surface area contributed by atoms with E-state index in [1.54, 1.807) is 56.5 Å². The Hall–Kier alpha value is -4.34. The predicted molar refractivity (Wildman–Crippen MR) is 187 cm³/mol. The number of ether oxygens (including phenoxy) is 1. The number of amides is 2. The fraction of sp³-hybridized carbons (Fsp3) is 0.297. The van der Waals surface area contributed by atoms with E-state index in [0.29, 0.717) is 22.9 Å². The maximum Gasteiger partial charge on any atom is 0.264 e. The largest absolute Gasteiger partial charge is 0.497 e. The Bertz CT molecular complexity index is 1780. The Morgan fingerprint density at radius 2 is 1.55 bits per heavy atom. The number of carbonyl (C=O) groups is 2. The molecule has 1 N–H and O–H groups in total. The lowest BCUT2D eigenvalue weighted by atomic mass is 10.0. The molecule has 0 fully saturated rings. The zero-order chi connectivity index (χ0) is 34.1. The van der Waals surface area contributed by atoms with Gasteiger partial charge in [0.05, 0.1) is 17.7 Å². The first-order chi connectivity index (χ1) is 22.4. The van der Waals surface area contributed by atoms with Gasteiger partial charge in [-0.3, -0.25) is 13.9 Å². The summed E-state index contributed by atoms with van der Waals surface area (Å²) in [6, 6.07) is 27.1. The molecule has 0 spiro atoms. The molecule has 0 bridgehead atoms. The molecule has 0 aliphatic rings. The van der Waals surface area contributed by atoms with Crippen molar-refractivity contribution in [3.05, 3.63) is 124 Å². The Morgan fingerprint density at radius 3 is 2.21 bits per heavy atom. The van der Waals surface area contributed by atoms with Crippen molar-refractivity contribution in [2.45, 2.75) is 51.6 Å². The highest BCUT2D eigenvalue weighted by molar-refractivity contribution is 7.92. The molecule has 10 heteroatoms. The number of methoxy groups -OCH3 is 1. The van der Waals surface area contributed by atoms with Crippen LogP contribution in [-0.2, 0) is 32.6 Å². The molecule has 0 aliphatic carbocycles. The zero-order valence-electron chi connectivity index (χ0n) is 27.4. The molecule has 0 saturated heterocycles. The quantitative estimate of drug-likeness (QED) is 0.163. The van der Waals surface area contributed by atoms with E-state index >= 15 is 0 Å². The first-order valence-electron chi connectivity index (χ1n) is 15.5. The van der Waals surface area contributed by atoms with Gasteiger partial charge >= 0.3 is 0 Å². The van der Waals surface area contributed by atoms with Gasteiger partial charge in [0.1, 0.15) is 18.3 Å². The third-order valence-corrected chi connectivity index (χ3v) is 9.78. The molecular formula is C37H42ClN3O5S. The van der Waals surface area contributed by atoms with Gasteiger partial charge in [0, 0.05) is 24.5 Å². The number of nitrogens with one attached hydrogen (secondary N) is 1. The third kappa shape index (κ3) is 9.36. The fourth-order valence-corrected chi connectivity index (χ4v) is 6.78. The number of hydrogen-bond donors (Lipinski definition) is 1. The van der Waals surface area contributed by atoms with Crippen molar-refractivity contribution < 1.29 is 22.7 Å². The van der Waals surface area contributed by atoms with E-state index in [0.717, 1.165) is 21.0 Å². The van der Waals surface area contributed by atoms with E-state index in [-0.39, 0.29) is 35.4 Å². The summed E-state index contributed by atoms with van der Waals surface area (Å²) in [6.45, 7) is 7.51. The van der Waals surface area contributed by atoms with Crippen LogP contribution >= 0.6 is 11.6 Å². The minimum absolute atomic E-state index is 0.0325. The minimum atomic E-state index is -4.24. The summed E-state index contributed by atoms with van der Waals surface area (Å²) in [5.74, 6) is -0.106. The molecule has 0 heterocycles. The maximum atomic E-state index is 14.7. The highest BCUT2D eigenvalue weighted by Crippen LogP contribution is 2.30. The summed E-state index contributed by atoms with van der Waals surface area (Å²) in [7, 11) is -2.69. The summed E-state index contributed by atoms with van der Waals surface area (Å²) >= 11 is 6.37. The molecule has 4 rings (SSSR count). The van der Waals surface area contributed by atoms with Gasteiger partial charge in [-0.25, -0.2) is 8.42 Å². The summed E-state index contributed by atoms with van der Waals surface area (Å²) in [4.78, 5) is 30.1. The molecule has 8 nitrogen and oxygen atoms in total. The number of anilines is 1. The van der Waals surface area contributed by atoms with Gasteiger partial charge in [0.15, 0.2) is 0 Å². The number of sulfonamides is 1. The fourth-order valence-electron chi connectivity index (χ4n) is 5.15. The molecule has 0 radical (unpaired) electrons. The number of benzene rings is 4. The van der Waals surface area contributed by atoms with Gasteiger partial charge in [-0.15, -0.1) is 0 Å². The second-order valence-corrected chi connectivity index (χ2v) is 14.3. The van der Waals surface area contributed by atoms with Gasteiger partial charge in [-0.2, -0.15) is 0 Å². The van der Waals surface area contributed by atoms with Crippen LogP contribution in [0.2, 0.25) is 5.02 Å². The lowest BCUT2D eigenvalue weighted by Crippen LogP contribution is -2.53. The molecule has 1 atom stereocenters. The lowest BCUT2D eigenvalue weighted by Gasteiger charge is -2.34. The third-order valence-electron chi connectivity index (χ3n) is 7.77. The number of halogens is 1. The minimum Gasteiger partial charge on any atom is -0.497 e. The van der Waals surface area contributed by atoms with Crippen molar-refractivity contribution in [2.75, 3.05) is 24.5 Å². The lowest BCUT2D eigenvalue weighted by molar-refractivity contribution is -0.140. The number of nitrogens with zero attached hydrogens (tertiary/aromatic N) is 2. The Morgan fingerprint density at radius 1 is 0.872 bits per heavy atom. The van der Waals surface area contributed by atoms with Crippen molar-refractivity contribution >= 4 is 39.1 Å². The van der Waals surface area contributed by atoms with Crippen LogP contribution in [0.5, 0.6) is 5.75 Å². The average molecular weight is 676 g/mol. The smallest absolute Gasteiger partial charge is 0.264 e. The first-order valence-corrected chi connectivity index (χ1v) is 17.3. The van der Waals surface area contributed by atoms with Crippen molar-refractivity contribution in [3.8, 4) is 5.75 Å². The molecular weight excluding hydrogens is 634 g/mol. The van der Waals surface area contributed by atoms with Crippen molar-refractivity contribution in [2.24, 2.45) is 5.92 Å². The normalized spacial score (nSPS) is 12.0. The molecule has 0 saturated carbocycles. The van der Waals surface area contributed by atoms with Gasteiger partial charge < -0.3 is 15.0 Å². The van der Waals surface area contributed by atoms with Crippen molar-refractivity contribution in [3.63, 3.8) is 0 Å². The molecule has 47 heavy (non-hydrogen) atoms. The zero-order valence-corrected chi connectivity index (χ0v) is 29.0. The van der Waals surface area contributed by atoms with Crippen LogP contribution in [0, 0.1) is 19.8 Å². The Balaban J connectivity index is 1.84. The topological polar surface area (TPSA) is 96.0 Å². The number of hydrogen-bond acceptors (Lipinski definition) is 5. The van der Waals surface area contributed by atoms with Crippen LogP contribution in [0.25, 0.3) is 0 Å². The van der Waals surface area contributed by atoms with E-state index in [9.17, 15) is 18.0 Å². The first kappa shape index (κ1) is 35.5. The van der Waals surface area contributed by atoms with E-state index in [1.165, 1.54) is 17.0 Å². The summed E-state index contributed by atoms with van der Waals surface area (Å²) in [5, 5.41) is 3.33. The average Bonchev–Trinajstić information content (AvgIpc) is 3.05. The van der Waals surface area contributed by atoms with Crippen LogP contribution in [-0.4, -0.2) is 51.4 Å². The van der Waals surface area contributed by atoms with Gasteiger partial charge in [-0.05, 0) is 72.9 Å². The van der Waals surface area contributed by atoms with Gasteiger partial charge in [0.25, 0.3) is 10.0 Å². The van der Waals surface area contributed by atoms with Crippen LogP contribution in [0.4, 0.5) is 5.69 Å². The standard InChI is InChI=1S/C37H42ClN3O5S/c1-26(2)23-39-37(43)35(21-29-10-7-6-8-11-29)40(24-30-12-9-13-32(20-30)46-5)36(42)25-41(34-22-31(38)17-16-28(34)4)47(44,45)33-18-14-27(3)15-19-33/h6-20,22,26,35H,21,23-25H2,1-5H3,(H,39,43). The summed E-state index contributed by atoms with van der Waals surface area (Å²) < 4.78 is 35.1. The number of rotatable bonds is 14. The predicted octanol–water partition coefficient (Wildman–Crippen LogP) is 6.57. The van der Waals surface area contributed by atoms with Gasteiger partial charge in [-0.1, -0.05) is 91.7 Å². The molecule has 2 amide bonds. The van der Waals surface area contributed by atoms with Crippen LogP contribution in [0.15, 0.2) is 102 Å². The Kier molecular flexibility index (Phi) is 12.1. The van der Waals surface area contributed by atoms with Gasteiger partial charge in [0.2, 0.25) is 11.8 Å². The maximum absolute atomic E-state index is 14.7. The van der Waals surface area contributed by atoms with Crippen LogP contribution < -0.4 is 14.4 Å². The van der Waals surface area contributed by atoms with Crippen molar-refractivity contribution in [1.82, 2.24) is 10.2 Å².